The fourth-order valence-corrected chi connectivity index (χ4v) is 1.82. The normalized spacial score (nSPS) is 10.1. The van der Waals surface area contributed by atoms with Gasteiger partial charge >= 0.3 is 0 Å². The molecule has 2 aromatic rings. The molecule has 0 spiro atoms. The van der Waals surface area contributed by atoms with Gasteiger partial charge in [-0.3, -0.25) is 4.79 Å². The fraction of sp³-hybridized carbons (Fsp3) is 0.250. The first-order valence-corrected chi connectivity index (χ1v) is 5.30. The van der Waals surface area contributed by atoms with Gasteiger partial charge < -0.3 is 10.1 Å². The van der Waals surface area contributed by atoms with Crippen LogP contribution in [-0.2, 0) is 6.54 Å². The number of carbonyl (C=O) groups is 1. The average Bonchev–Trinajstić information content (AvgIpc) is 2.96. The van der Waals surface area contributed by atoms with Gasteiger partial charge in [0.05, 0.1) is 18.5 Å². The Kier molecular flexibility index (Phi) is 3.10. The van der Waals surface area contributed by atoms with Crippen LogP contribution in [0.25, 0.3) is 0 Å². The number of hydrogen-bond donors (Lipinski definition) is 2. The van der Waals surface area contributed by atoms with E-state index in [2.05, 4.69) is 25.9 Å². The molecular weight excluding hydrogens is 230 g/mol. The summed E-state index contributed by atoms with van der Waals surface area (Å²) in [6, 6.07) is 1.68. The van der Waals surface area contributed by atoms with Crippen LogP contribution in [0.1, 0.15) is 15.5 Å². The van der Waals surface area contributed by atoms with Crippen molar-refractivity contribution in [2.24, 2.45) is 0 Å². The van der Waals surface area contributed by atoms with Gasteiger partial charge in [0.1, 0.15) is 5.75 Å². The van der Waals surface area contributed by atoms with Crippen molar-refractivity contribution < 1.29 is 9.53 Å². The molecule has 0 aliphatic rings. The summed E-state index contributed by atoms with van der Waals surface area (Å²) in [6.45, 7) is 0.246. The SMILES string of the molecule is COc1csc(C(=O)NCc2nn[nH]n2)c1. The Hall–Kier alpha value is -1.96. The third kappa shape index (κ3) is 2.34. The number of tetrazole rings is 1. The molecule has 84 valence electrons. The second-order valence-electron chi connectivity index (χ2n) is 2.86. The summed E-state index contributed by atoms with van der Waals surface area (Å²) in [7, 11) is 1.56. The molecule has 8 heteroatoms. The number of rotatable bonds is 4. The van der Waals surface area contributed by atoms with Crippen molar-refractivity contribution in [2.45, 2.75) is 6.54 Å². The summed E-state index contributed by atoms with van der Waals surface area (Å²) in [4.78, 5) is 12.2. The minimum atomic E-state index is -0.182. The molecule has 0 saturated heterocycles. The van der Waals surface area contributed by atoms with Crippen molar-refractivity contribution in [1.82, 2.24) is 25.9 Å². The van der Waals surface area contributed by atoms with Crippen molar-refractivity contribution >= 4 is 17.2 Å². The Morgan fingerprint density at radius 1 is 1.69 bits per heavy atom. The van der Waals surface area contributed by atoms with E-state index in [1.54, 1.807) is 18.6 Å². The number of nitrogens with one attached hydrogen (secondary N) is 2. The second kappa shape index (κ2) is 4.71. The topological polar surface area (TPSA) is 92.8 Å². The van der Waals surface area contributed by atoms with Crippen LogP contribution in [-0.4, -0.2) is 33.6 Å². The number of carbonyl (C=O) groups excluding carboxylic acids is 1. The highest BCUT2D eigenvalue weighted by Gasteiger charge is 2.09. The van der Waals surface area contributed by atoms with Crippen molar-refractivity contribution in [1.29, 1.82) is 0 Å². The van der Waals surface area contributed by atoms with Crippen LogP contribution in [0.4, 0.5) is 0 Å². The van der Waals surface area contributed by atoms with E-state index in [9.17, 15) is 4.79 Å². The highest BCUT2D eigenvalue weighted by molar-refractivity contribution is 7.12. The molecule has 2 rings (SSSR count). The molecule has 2 aromatic heterocycles. The number of methoxy groups -OCH3 is 1. The summed E-state index contributed by atoms with van der Waals surface area (Å²) in [5.74, 6) is 0.935. The fourth-order valence-electron chi connectivity index (χ4n) is 1.05. The number of aromatic nitrogens is 4. The molecule has 0 aliphatic carbocycles. The highest BCUT2D eigenvalue weighted by Crippen LogP contribution is 2.20. The molecule has 16 heavy (non-hydrogen) atoms. The van der Waals surface area contributed by atoms with Crippen LogP contribution in [0.2, 0.25) is 0 Å². The van der Waals surface area contributed by atoms with Gasteiger partial charge in [-0.15, -0.1) is 21.5 Å². The van der Waals surface area contributed by atoms with Crippen LogP contribution in [0.15, 0.2) is 11.4 Å². The Morgan fingerprint density at radius 2 is 2.56 bits per heavy atom. The van der Waals surface area contributed by atoms with Gasteiger partial charge in [-0.05, 0) is 0 Å². The average molecular weight is 239 g/mol. The minimum Gasteiger partial charge on any atom is -0.496 e. The predicted molar refractivity (Wildman–Crippen MR) is 56.2 cm³/mol. The van der Waals surface area contributed by atoms with Gasteiger partial charge in [-0.1, -0.05) is 5.21 Å². The second-order valence-corrected chi connectivity index (χ2v) is 3.77. The molecular formula is C8H9N5O2S. The lowest BCUT2D eigenvalue weighted by atomic mass is 10.4. The van der Waals surface area contributed by atoms with Gasteiger partial charge in [0, 0.05) is 11.4 Å². The predicted octanol–water partition coefficient (Wildman–Crippen LogP) is 0.200. The zero-order chi connectivity index (χ0) is 11.4. The molecule has 0 atom stereocenters. The van der Waals surface area contributed by atoms with Crippen molar-refractivity contribution in [3.63, 3.8) is 0 Å². The smallest absolute Gasteiger partial charge is 0.261 e. The van der Waals surface area contributed by atoms with Crippen molar-refractivity contribution in [3.05, 3.63) is 22.1 Å². The van der Waals surface area contributed by atoms with E-state index in [-0.39, 0.29) is 12.5 Å². The highest BCUT2D eigenvalue weighted by atomic mass is 32.1. The summed E-state index contributed by atoms with van der Waals surface area (Å²) in [5, 5.41) is 17.6. The van der Waals surface area contributed by atoms with Crippen LogP contribution >= 0.6 is 11.3 Å². The molecule has 0 unspecified atom stereocenters. The number of amides is 1. The lowest BCUT2D eigenvalue weighted by molar-refractivity contribution is 0.0953. The van der Waals surface area contributed by atoms with E-state index >= 15 is 0 Å². The molecule has 0 fully saturated rings. The van der Waals surface area contributed by atoms with E-state index in [1.807, 2.05) is 0 Å². The number of hydrogen-bond acceptors (Lipinski definition) is 6. The molecule has 2 N–H and O–H groups in total. The molecule has 2 heterocycles. The first kappa shape index (κ1) is 10.6. The Bertz CT molecular complexity index is 466. The third-order valence-corrected chi connectivity index (χ3v) is 2.74. The number of thiophene rings is 1. The van der Waals surface area contributed by atoms with Crippen LogP contribution < -0.4 is 10.1 Å². The van der Waals surface area contributed by atoms with E-state index < -0.39 is 0 Å². The van der Waals surface area contributed by atoms with Crippen molar-refractivity contribution in [2.75, 3.05) is 7.11 Å². The molecule has 0 radical (unpaired) electrons. The third-order valence-electron chi connectivity index (χ3n) is 1.83. The minimum absolute atomic E-state index is 0.182. The van der Waals surface area contributed by atoms with Gasteiger partial charge in [0.15, 0.2) is 5.82 Å². The molecule has 1 amide bonds. The van der Waals surface area contributed by atoms with Crippen molar-refractivity contribution in [3.8, 4) is 5.75 Å². The number of nitrogens with zero attached hydrogens (tertiary/aromatic N) is 3. The standard InChI is InChI=1S/C8H9N5O2S/c1-15-5-2-6(16-4-5)8(14)9-3-7-10-12-13-11-7/h2,4H,3H2,1H3,(H,9,14)(H,10,11,12,13). The van der Waals surface area contributed by atoms with Gasteiger partial charge in [-0.25, -0.2) is 0 Å². The Labute approximate surface area is 94.8 Å². The maximum absolute atomic E-state index is 11.6. The van der Waals surface area contributed by atoms with E-state index in [0.29, 0.717) is 16.5 Å². The maximum Gasteiger partial charge on any atom is 0.261 e. The number of ether oxygens (including phenoxy) is 1. The largest absolute Gasteiger partial charge is 0.496 e. The van der Waals surface area contributed by atoms with Gasteiger partial charge in [0.2, 0.25) is 0 Å². The number of H-pyrrole nitrogens is 1. The van der Waals surface area contributed by atoms with Crippen LogP contribution in [0.3, 0.4) is 0 Å². The van der Waals surface area contributed by atoms with E-state index in [0.717, 1.165) is 0 Å². The zero-order valence-electron chi connectivity index (χ0n) is 8.43. The van der Waals surface area contributed by atoms with Crippen LogP contribution in [0, 0.1) is 0 Å². The lowest BCUT2D eigenvalue weighted by Gasteiger charge is -1.98. The Morgan fingerprint density at radius 3 is 3.19 bits per heavy atom. The number of aromatic amines is 1. The Balaban J connectivity index is 1.93. The monoisotopic (exact) mass is 239 g/mol. The summed E-state index contributed by atoms with van der Waals surface area (Å²) >= 11 is 1.32. The molecule has 0 saturated carbocycles. The zero-order valence-corrected chi connectivity index (χ0v) is 9.24. The van der Waals surface area contributed by atoms with E-state index in [4.69, 9.17) is 4.74 Å². The first-order chi connectivity index (χ1) is 7.79. The quantitative estimate of drug-likeness (QED) is 0.795. The molecule has 0 bridgehead atoms. The molecule has 7 nitrogen and oxygen atoms in total. The van der Waals surface area contributed by atoms with E-state index in [1.165, 1.54) is 11.3 Å². The molecule has 0 aliphatic heterocycles. The van der Waals surface area contributed by atoms with Gasteiger partial charge in [0.25, 0.3) is 5.91 Å². The summed E-state index contributed by atoms with van der Waals surface area (Å²) in [5.41, 5.74) is 0. The lowest BCUT2D eigenvalue weighted by Crippen LogP contribution is -2.22. The van der Waals surface area contributed by atoms with Gasteiger partial charge in [-0.2, -0.15) is 5.21 Å². The molecule has 0 aromatic carbocycles. The maximum atomic E-state index is 11.6. The van der Waals surface area contributed by atoms with Crippen LogP contribution in [0.5, 0.6) is 5.75 Å². The summed E-state index contributed by atoms with van der Waals surface area (Å²) < 4.78 is 4.99. The summed E-state index contributed by atoms with van der Waals surface area (Å²) in [6.07, 6.45) is 0. The first-order valence-electron chi connectivity index (χ1n) is 4.42.